The maximum atomic E-state index is 13.0. The van der Waals surface area contributed by atoms with E-state index in [4.69, 9.17) is 0 Å². The first-order valence-electron chi connectivity index (χ1n) is 10.7. The fourth-order valence-corrected chi connectivity index (χ4v) is 6.15. The van der Waals surface area contributed by atoms with Crippen LogP contribution in [0.25, 0.3) is 10.2 Å². The first kappa shape index (κ1) is 22.5. The normalized spacial score (nSPS) is 16.0. The number of nitrogens with zero attached hydrogens (tertiary/aromatic N) is 4. The number of benzene rings is 2. The van der Waals surface area contributed by atoms with Crippen LogP contribution in [0.1, 0.15) is 28.9 Å². The number of nitrogens with one attached hydrogen (secondary N) is 1. The maximum absolute atomic E-state index is 13.0. The third kappa shape index (κ3) is 4.17. The van der Waals surface area contributed by atoms with E-state index >= 15 is 0 Å². The van der Waals surface area contributed by atoms with E-state index in [1.807, 2.05) is 6.07 Å². The summed E-state index contributed by atoms with van der Waals surface area (Å²) in [4.78, 5) is 18.9. The zero-order valence-corrected chi connectivity index (χ0v) is 20.0. The molecule has 4 aromatic rings. The molecule has 0 aliphatic carbocycles. The summed E-state index contributed by atoms with van der Waals surface area (Å²) >= 11 is 1.38. The molecular weight excluding hydrogens is 474 g/mol. The Morgan fingerprint density at radius 3 is 2.53 bits per heavy atom. The number of para-hydroxylation sites is 1. The third-order valence-corrected chi connectivity index (χ3v) is 8.27. The number of thiazole rings is 1. The summed E-state index contributed by atoms with van der Waals surface area (Å²) in [6, 6.07) is 13.2. The van der Waals surface area contributed by atoms with Crippen LogP contribution in [0.15, 0.2) is 65.1 Å². The second-order valence-electron chi connectivity index (χ2n) is 8.34. The summed E-state index contributed by atoms with van der Waals surface area (Å²) in [6.45, 7) is 0.801. The minimum absolute atomic E-state index is 0.111. The second kappa shape index (κ2) is 8.49. The number of aryl methyl sites for hydroxylation is 1. The lowest BCUT2D eigenvalue weighted by molar-refractivity contribution is -0.0247. The van der Waals surface area contributed by atoms with E-state index in [-0.39, 0.29) is 10.8 Å². The van der Waals surface area contributed by atoms with E-state index in [0.29, 0.717) is 48.4 Å². The molecule has 1 amide bonds. The number of hydrogen-bond donors (Lipinski definition) is 2. The van der Waals surface area contributed by atoms with Gasteiger partial charge in [0, 0.05) is 37.6 Å². The standard InChI is InChI=1S/C23H23N5O4S2/c1-27-12-9-20(25-27)23(30)10-13-28(14-11-23)22(29)16-5-7-17(8-6-16)26-34(31,32)19-4-2-3-18-21(19)24-15-33-18/h2-9,12,15,26,30H,10-11,13-14H2,1H3. The van der Waals surface area contributed by atoms with Gasteiger partial charge >= 0.3 is 0 Å². The van der Waals surface area contributed by atoms with Crippen molar-refractivity contribution in [3.8, 4) is 0 Å². The Balaban J connectivity index is 1.26. The van der Waals surface area contributed by atoms with Crippen molar-refractivity contribution in [1.82, 2.24) is 19.7 Å². The van der Waals surface area contributed by atoms with Crippen molar-refractivity contribution in [3.05, 3.63) is 71.5 Å². The minimum atomic E-state index is -3.84. The van der Waals surface area contributed by atoms with Crippen molar-refractivity contribution >= 4 is 43.2 Å². The van der Waals surface area contributed by atoms with E-state index in [0.717, 1.165) is 4.70 Å². The average Bonchev–Trinajstić information content (AvgIpc) is 3.48. The first-order chi connectivity index (χ1) is 16.2. The zero-order chi connectivity index (χ0) is 23.9. The zero-order valence-electron chi connectivity index (χ0n) is 18.4. The number of aliphatic hydroxyl groups is 1. The van der Waals surface area contributed by atoms with E-state index in [2.05, 4.69) is 14.8 Å². The summed E-state index contributed by atoms with van der Waals surface area (Å²) in [6.07, 6.45) is 2.59. The molecule has 1 aliphatic rings. The van der Waals surface area contributed by atoms with Crippen molar-refractivity contribution in [2.75, 3.05) is 17.8 Å². The summed E-state index contributed by atoms with van der Waals surface area (Å²) in [7, 11) is -2.04. The molecule has 0 saturated carbocycles. The van der Waals surface area contributed by atoms with Crippen LogP contribution >= 0.6 is 11.3 Å². The molecule has 11 heteroatoms. The monoisotopic (exact) mass is 497 g/mol. The number of amides is 1. The molecule has 2 aromatic heterocycles. The van der Waals surface area contributed by atoms with E-state index in [1.165, 1.54) is 17.4 Å². The summed E-state index contributed by atoms with van der Waals surface area (Å²) in [5.74, 6) is -0.162. The van der Waals surface area contributed by atoms with Gasteiger partial charge in [-0.3, -0.25) is 14.2 Å². The number of anilines is 1. The summed E-state index contributed by atoms with van der Waals surface area (Å²) in [5.41, 5.74) is 2.43. The van der Waals surface area contributed by atoms with Crippen LogP contribution in [0.4, 0.5) is 5.69 Å². The number of carbonyl (C=O) groups is 1. The van der Waals surface area contributed by atoms with Crippen LogP contribution in [0.2, 0.25) is 0 Å². The highest BCUT2D eigenvalue weighted by Crippen LogP contribution is 2.32. The number of hydrogen-bond acceptors (Lipinski definition) is 7. The summed E-state index contributed by atoms with van der Waals surface area (Å²) < 4.78 is 30.8. The van der Waals surface area contributed by atoms with Gasteiger partial charge in [0.25, 0.3) is 15.9 Å². The van der Waals surface area contributed by atoms with Crippen molar-refractivity contribution in [3.63, 3.8) is 0 Å². The molecule has 9 nitrogen and oxygen atoms in total. The molecule has 3 heterocycles. The van der Waals surface area contributed by atoms with Gasteiger partial charge in [0.15, 0.2) is 0 Å². The first-order valence-corrected chi connectivity index (χ1v) is 13.1. The van der Waals surface area contributed by atoms with Crippen molar-refractivity contribution in [2.24, 2.45) is 7.05 Å². The molecule has 2 N–H and O–H groups in total. The van der Waals surface area contributed by atoms with Gasteiger partial charge in [0.2, 0.25) is 0 Å². The van der Waals surface area contributed by atoms with Gasteiger partial charge in [0.1, 0.15) is 16.0 Å². The molecule has 0 unspecified atom stereocenters. The van der Waals surface area contributed by atoms with Gasteiger partial charge < -0.3 is 10.0 Å². The molecular formula is C23H23N5O4S2. The van der Waals surface area contributed by atoms with E-state index < -0.39 is 15.6 Å². The van der Waals surface area contributed by atoms with Crippen LogP contribution in [0.3, 0.4) is 0 Å². The molecule has 0 atom stereocenters. The number of fused-ring (bicyclic) bond motifs is 1. The lowest BCUT2D eigenvalue weighted by atomic mass is 9.88. The Bertz CT molecular complexity index is 1450. The number of aromatic nitrogens is 3. The number of sulfonamides is 1. The molecule has 176 valence electrons. The predicted molar refractivity (Wildman–Crippen MR) is 129 cm³/mol. The smallest absolute Gasteiger partial charge is 0.264 e. The molecule has 0 radical (unpaired) electrons. The molecule has 0 spiro atoms. The molecule has 1 fully saturated rings. The Labute approximate surface area is 200 Å². The molecule has 2 aromatic carbocycles. The number of likely N-dealkylation sites (tertiary alicyclic amines) is 1. The molecule has 34 heavy (non-hydrogen) atoms. The van der Waals surface area contributed by atoms with E-state index in [9.17, 15) is 18.3 Å². The quantitative estimate of drug-likeness (QED) is 0.438. The second-order valence-corrected chi connectivity index (χ2v) is 10.9. The van der Waals surface area contributed by atoms with Gasteiger partial charge in [-0.15, -0.1) is 11.3 Å². The Morgan fingerprint density at radius 1 is 1.12 bits per heavy atom. The van der Waals surface area contributed by atoms with Gasteiger partial charge in [-0.1, -0.05) is 6.07 Å². The average molecular weight is 498 g/mol. The lowest BCUT2D eigenvalue weighted by Crippen LogP contribution is -2.45. The molecule has 1 saturated heterocycles. The van der Waals surface area contributed by atoms with Gasteiger partial charge in [-0.25, -0.2) is 13.4 Å². The topological polar surface area (TPSA) is 117 Å². The highest BCUT2D eigenvalue weighted by Gasteiger charge is 2.37. The SMILES string of the molecule is Cn1ccc(C2(O)CCN(C(=O)c3ccc(NS(=O)(=O)c4cccc5scnc45)cc3)CC2)n1. The van der Waals surface area contributed by atoms with Gasteiger partial charge in [0.05, 0.1) is 15.9 Å². The highest BCUT2D eigenvalue weighted by atomic mass is 32.2. The van der Waals surface area contributed by atoms with Crippen molar-refractivity contribution in [1.29, 1.82) is 0 Å². The van der Waals surface area contributed by atoms with Crippen LogP contribution in [0.5, 0.6) is 0 Å². The van der Waals surface area contributed by atoms with Gasteiger partial charge in [-0.05, 0) is 55.3 Å². The number of carbonyl (C=O) groups excluding carboxylic acids is 1. The molecule has 5 rings (SSSR count). The largest absolute Gasteiger partial charge is 0.383 e. The fraction of sp³-hybridized carbons (Fsp3) is 0.261. The number of rotatable bonds is 5. The van der Waals surface area contributed by atoms with Crippen molar-refractivity contribution < 1.29 is 18.3 Å². The van der Waals surface area contributed by atoms with E-state index in [1.54, 1.807) is 64.7 Å². The third-order valence-electron chi connectivity index (χ3n) is 6.07. The van der Waals surface area contributed by atoms with Crippen LogP contribution in [-0.4, -0.2) is 52.2 Å². The molecule has 1 aliphatic heterocycles. The van der Waals surface area contributed by atoms with Crippen LogP contribution in [0, 0.1) is 0 Å². The minimum Gasteiger partial charge on any atom is -0.383 e. The Kier molecular flexibility index (Phi) is 5.62. The van der Waals surface area contributed by atoms with Gasteiger partial charge in [-0.2, -0.15) is 5.10 Å². The Hall–Kier alpha value is -3.28. The van der Waals surface area contributed by atoms with Crippen LogP contribution in [-0.2, 0) is 22.7 Å². The summed E-state index contributed by atoms with van der Waals surface area (Å²) in [5, 5.41) is 15.2. The Morgan fingerprint density at radius 2 is 1.85 bits per heavy atom. The van der Waals surface area contributed by atoms with Crippen LogP contribution < -0.4 is 4.72 Å². The highest BCUT2D eigenvalue weighted by molar-refractivity contribution is 7.93. The maximum Gasteiger partial charge on any atom is 0.264 e. The fourth-order valence-electron chi connectivity index (χ4n) is 4.15. The van der Waals surface area contributed by atoms with Crippen molar-refractivity contribution in [2.45, 2.75) is 23.3 Å². The predicted octanol–water partition coefficient (Wildman–Crippen LogP) is 2.95. The molecule has 0 bridgehead atoms. The lowest BCUT2D eigenvalue weighted by Gasteiger charge is -2.37. The number of piperidine rings is 1.